The van der Waals surface area contributed by atoms with Crippen molar-refractivity contribution in [3.8, 4) is 5.75 Å². The summed E-state index contributed by atoms with van der Waals surface area (Å²) in [4.78, 5) is 2.03. The molecule has 100 valence electrons. The number of ether oxygens (including phenoxy) is 1. The van der Waals surface area contributed by atoms with E-state index in [4.69, 9.17) is 10.5 Å². The summed E-state index contributed by atoms with van der Waals surface area (Å²) in [7, 11) is 3.99. The van der Waals surface area contributed by atoms with Crippen LogP contribution >= 0.6 is 0 Å². The van der Waals surface area contributed by atoms with E-state index in [2.05, 4.69) is 12.1 Å². The van der Waals surface area contributed by atoms with Gasteiger partial charge in [-0.3, -0.25) is 0 Å². The molecule has 0 aromatic heterocycles. The fourth-order valence-electron chi connectivity index (χ4n) is 1.89. The highest BCUT2D eigenvalue weighted by molar-refractivity contribution is 5.62. The molecule has 0 spiro atoms. The maximum Gasteiger partial charge on any atom is 0.145 e. The standard InChI is InChI=1S/C16H20N2O/c1-12(13-7-5-4-6-8-13)19-16-11-14(18(2)3)9-10-15(16)17/h4-12H,17H2,1-3H3. The van der Waals surface area contributed by atoms with Gasteiger partial charge in [-0.1, -0.05) is 30.3 Å². The zero-order valence-corrected chi connectivity index (χ0v) is 11.6. The van der Waals surface area contributed by atoms with Gasteiger partial charge < -0.3 is 15.4 Å². The maximum absolute atomic E-state index is 5.97. The van der Waals surface area contributed by atoms with Gasteiger partial charge >= 0.3 is 0 Å². The van der Waals surface area contributed by atoms with Crippen molar-refractivity contribution in [1.29, 1.82) is 0 Å². The van der Waals surface area contributed by atoms with Crippen molar-refractivity contribution >= 4 is 11.4 Å². The van der Waals surface area contributed by atoms with Crippen LogP contribution in [-0.2, 0) is 0 Å². The zero-order valence-electron chi connectivity index (χ0n) is 11.6. The molecule has 0 heterocycles. The van der Waals surface area contributed by atoms with Crippen molar-refractivity contribution in [3.63, 3.8) is 0 Å². The van der Waals surface area contributed by atoms with Gasteiger partial charge in [0.25, 0.3) is 0 Å². The van der Waals surface area contributed by atoms with Crippen LogP contribution in [0.5, 0.6) is 5.75 Å². The van der Waals surface area contributed by atoms with E-state index in [0.29, 0.717) is 5.69 Å². The lowest BCUT2D eigenvalue weighted by Crippen LogP contribution is -2.10. The Bertz CT molecular complexity index is 538. The van der Waals surface area contributed by atoms with Gasteiger partial charge in [-0.15, -0.1) is 0 Å². The average molecular weight is 256 g/mol. The summed E-state index contributed by atoms with van der Waals surface area (Å²) in [6, 6.07) is 15.9. The zero-order chi connectivity index (χ0) is 13.8. The van der Waals surface area contributed by atoms with E-state index in [1.54, 1.807) is 0 Å². The van der Waals surface area contributed by atoms with Crippen LogP contribution < -0.4 is 15.4 Å². The lowest BCUT2D eigenvalue weighted by molar-refractivity contribution is 0.228. The monoisotopic (exact) mass is 256 g/mol. The van der Waals surface area contributed by atoms with E-state index in [1.165, 1.54) is 0 Å². The van der Waals surface area contributed by atoms with Crippen molar-refractivity contribution in [2.45, 2.75) is 13.0 Å². The molecular formula is C16H20N2O. The third kappa shape index (κ3) is 3.19. The Morgan fingerprint density at radius 3 is 2.37 bits per heavy atom. The highest BCUT2D eigenvalue weighted by Gasteiger charge is 2.10. The van der Waals surface area contributed by atoms with Crippen LogP contribution in [0.25, 0.3) is 0 Å². The van der Waals surface area contributed by atoms with Gasteiger partial charge in [0.05, 0.1) is 5.69 Å². The molecule has 2 aromatic rings. The van der Waals surface area contributed by atoms with Crippen molar-refractivity contribution in [2.24, 2.45) is 0 Å². The van der Waals surface area contributed by atoms with Crippen molar-refractivity contribution in [3.05, 3.63) is 54.1 Å². The summed E-state index contributed by atoms with van der Waals surface area (Å²) in [6.45, 7) is 2.02. The van der Waals surface area contributed by atoms with E-state index >= 15 is 0 Å². The first-order chi connectivity index (χ1) is 9.08. The number of hydrogen-bond acceptors (Lipinski definition) is 3. The highest BCUT2D eigenvalue weighted by atomic mass is 16.5. The molecule has 1 atom stereocenters. The fourth-order valence-corrected chi connectivity index (χ4v) is 1.89. The third-order valence-electron chi connectivity index (χ3n) is 3.09. The van der Waals surface area contributed by atoms with Gasteiger partial charge in [-0.25, -0.2) is 0 Å². The second kappa shape index (κ2) is 5.65. The molecule has 0 aliphatic rings. The summed E-state index contributed by atoms with van der Waals surface area (Å²) in [5.74, 6) is 0.725. The summed E-state index contributed by atoms with van der Waals surface area (Å²) in [5, 5.41) is 0. The molecule has 0 aliphatic carbocycles. The van der Waals surface area contributed by atoms with Crippen LogP contribution in [0.3, 0.4) is 0 Å². The Labute approximate surface area is 114 Å². The topological polar surface area (TPSA) is 38.5 Å². The molecule has 2 rings (SSSR count). The minimum Gasteiger partial charge on any atom is -0.484 e. The number of nitrogens with zero attached hydrogens (tertiary/aromatic N) is 1. The Hall–Kier alpha value is -2.16. The molecule has 0 amide bonds. The predicted octanol–water partition coefficient (Wildman–Crippen LogP) is 3.47. The van der Waals surface area contributed by atoms with Crippen LogP contribution in [0, 0.1) is 0 Å². The van der Waals surface area contributed by atoms with E-state index in [1.807, 2.05) is 62.3 Å². The number of rotatable bonds is 4. The van der Waals surface area contributed by atoms with Gasteiger partial charge in [-0.05, 0) is 24.6 Å². The molecule has 1 unspecified atom stereocenters. The van der Waals surface area contributed by atoms with Crippen LogP contribution in [-0.4, -0.2) is 14.1 Å². The molecule has 0 saturated carbocycles. The lowest BCUT2D eigenvalue weighted by Gasteiger charge is -2.19. The van der Waals surface area contributed by atoms with Gasteiger partial charge in [0.1, 0.15) is 11.9 Å². The number of nitrogen functional groups attached to an aromatic ring is 1. The predicted molar refractivity (Wildman–Crippen MR) is 80.7 cm³/mol. The quantitative estimate of drug-likeness (QED) is 0.851. The lowest BCUT2D eigenvalue weighted by atomic mass is 10.1. The SMILES string of the molecule is CC(Oc1cc(N(C)C)ccc1N)c1ccccc1. The average Bonchev–Trinajstić information content (AvgIpc) is 2.42. The number of anilines is 2. The highest BCUT2D eigenvalue weighted by Crippen LogP contribution is 2.30. The van der Waals surface area contributed by atoms with Gasteiger partial charge in [0.2, 0.25) is 0 Å². The maximum atomic E-state index is 5.97. The molecule has 2 aromatic carbocycles. The number of benzene rings is 2. The van der Waals surface area contributed by atoms with E-state index in [9.17, 15) is 0 Å². The summed E-state index contributed by atoms with van der Waals surface area (Å²) >= 11 is 0. The third-order valence-corrected chi connectivity index (χ3v) is 3.09. The molecule has 19 heavy (non-hydrogen) atoms. The molecule has 0 bridgehead atoms. The summed E-state index contributed by atoms with van der Waals surface area (Å²) < 4.78 is 5.97. The van der Waals surface area contributed by atoms with Crippen LogP contribution in [0.4, 0.5) is 11.4 Å². The molecule has 3 nitrogen and oxygen atoms in total. The van der Waals surface area contributed by atoms with E-state index in [0.717, 1.165) is 17.0 Å². The first-order valence-electron chi connectivity index (χ1n) is 6.36. The molecule has 2 N–H and O–H groups in total. The Kier molecular flexibility index (Phi) is 3.95. The van der Waals surface area contributed by atoms with Crippen LogP contribution in [0.2, 0.25) is 0 Å². The van der Waals surface area contributed by atoms with E-state index in [-0.39, 0.29) is 6.10 Å². The molecule has 0 radical (unpaired) electrons. The first kappa shape index (κ1) is 13.3. The minimum atomic E-state index is -0.0269. The number of hydrogen-bond donors (Lipinski definition) is 1. The molecular weight excluding hydrogens is 236 g/mol. The smallest absolute Gasteiger partial charge is 0.145 e. The largest absolute Gasteiger partial charge is 0.484 e. The Morgan fingerprint density at radius 1 is 1.05 bits per heavy atom. The first-order valence-corrected chi connectivity index (χ1v) is 6.36. The normalized spacial score (nSPS) is 11.9. The second-order valence-electron chi connectivity index (χ2n) is 4.79. The van der Waals surface area contributed by atoms with E-state index < -0.39 is 0 Å². The van der Waals surface area contributed by atoms with Crippen molar-refractivity contribution in [2.75, 3.05) is 24.7 Å². The van der Waals surface area contributed by atoms with Crippen LogP contribution in [0.15, 0.2) is 48.5 Å². The van der Waals surface area contributed by atoms with Crippen molar-refractivity contribution < 1.29 is 4.74 Å². The Balaban J connectivity index is 2.21. The second-order valence-corrected chi connectivity index (χ2v) is 4.79. The van der Waals surface area contributed by atoms with Gasteiger partial charge in [0, 0.05) is 25.8 Å². The number of nitrogens with two attached hydrogens (primary N) is 1. The van der Waals surface area contributed by atoms with Gasteiger partial charge in [-0.2, -0.15) is 0 Å². The Morgan fingerprint density at radius 2 is 1.74 bits per heavy atom. The molecule has 0 saturated heterocycles. The summed E-state index contributed by atoms with van der Waals surface area (Å²) in [6.07, 6.45) is -0.0269. The molecule has 0 fully saturated rings. The van der Waals surface area contributed by atoms with Crippen molar-refractivity contribution in [1.82, 2.24) is 0 Å². The fraction of sp³-hybridized carbons (Fsp3) is 0.250. The molecule has 3 heteroatoms. The molecule has 0 aliphatic heterocycles. The minimum absolute atomic E-state index is 0.0269. The van der Waals surface area contributed by atoms with Gasteiger partial charge in [0.15, 0.2) is 0 Å². The van der Waals surface area contributed by atoms with Crippen LogP contribution in [0.1, 0.15) is 18.6 Å². The summed E-state index contributed by atoms with van der Waals surface area (Å²) in [5.41, 5.74) is 8.84.